The highest BCUT2D eigenvalue weighted by molar-refractivity contribution is 8.93. The van der Waals surface area contributed by atoms with E-state index >= 15 is 0 Å². The van der Waals surface area contributed by atoms with Gasteiger partial charge < -0.3 is 5.73 Å². The summed E-state index contributed by atoms with van der Waals surface area (Å²) in [5.41, 5.74) is 8.04. The van der Waals surface area contributed by atoms with Gasteiger partial charge >= 0.3 is 0 Å². The average Bonchev–Trinajstić information content (AvgIpc) is 2.45. The first-order valence-corrected chi connectivity index (χ1v) is 4.12. The van der Waals surface area contributed by atoms with Crippen LogP contribution in [0.25, 0.3) is 5.65 Å². The molecule has 0 spiro atoms. The minimum atomic E-state index is 0. The van der Waals surface area contributed by atoms with E-state index in [0.717, 1.165) is 11.1 Å². The third-order valence-corrected chi connectivity index (χ3v) is 2.42. The number of hydrogen-bond acceptors (Lipinski definition) is 4. The summed E-state index contributed by atoms with van der Waals surface area (Å²) in [7, 11) is 0. The van der Waals surface area contributed by atoms with Crippen LogP contribution in [0.2, 0.25) is 5.15 Å². The number of rotatable bonds is 0. The maximum Gasteiger partial charge on any atom is 0.243 e. The quantitative estimate of drug-likeness (QED) is 0.794. The monoisotopic (exact) mass is 277 g/mol. The Morgan fingerprint density at radius 2 is 1.86 bits per heavy atom. The van der Waals surface area contributed by atoms with Crippen molar-refractivity contribution in [1.29, 1.82) is 0 Å². The molecule has 14 heavy (non-hydrogen) atoms. The van der Waals surface area contributed by atoms with E-state index in [2.05, 4.69) is 15.3 Å². The van der Waals surface area contributed by atoms with Crippen molar-refractivity contribution in [1.82, 2.24) is 19.8 Å². The molecular weight excluding hydrogens is 269 g/mol. The Labute approximate surface area is 96.0 Å². The minimum absolute atomic E-state index is 0. The van der Waals surface area contributed by atoms with Gasteiger partial charge in [-0.05, 0) is 19.4 Å². The van der Waals surface area contributed by atoms with Crippen molar-refractivity contribution in [3.63, 3.8) is 0 Å². The highest BCUT2D eigenvalue weighted by Gasteiger charge is 2.10. The maximum atomic E-state index is 5.88. The number of aromatic nitrogens is 4. The molecule has 0 aliphatic carbocycles. The van der Waals surface area contributed by atoms with E-state index in [1.54, 1.807) is 0 Å². The molecule has 0 radical (unpaired) electrons. The van der Waals surface area contributed by atoms with Crippen LogP contribution in [0.4, 0.5) is 5.95 Å². The maximum absolute atomic E-state index is 5.88. The van der Waals surface area contributed by atoms with Gasteiger partial charge in [-0.25, -0.2) is 0 Å². The Bertz CT molecular complexity index is 480. The fraction of sp³-hybridized carbons (Fsp3) is 0.286. The molecule has 2 rings (SSSR count). The number of nitrogen functional groups attached to an aromatic ring is 1. The molecule has 0 aliphatic rings. The summed E-state index contributed by atoms with van der Waals surface area (Å²) in [6.07, 6.45) is 0. The van der Waals surface area contributed by atoms with E-state index in [1.165, 1.54) is 4.52 Å². The lowest BCUT2D eigenvalue weighted by Crippen LogP contribution is -2.01. The molecule has 0 fully saturated rings. The Kier molecular flexibility index (Phi) is 2.96. The fourth-order valence-corrected chi connectivity index (χ4v) is 1.33. The number of halogens is 2. The number of nitrogens with zero attached hydrogens (tertiary/aromatic N) is 4. The van der Waals surface area contributed by atoms with Gasteiger partial charge in [0.1, 0.15) is 0 Å². The minimum Gasteiger partial charge on any atom is -0.366 e. The largest absolute Gasteiger partial charge is 0.366 e. The zero-order valence-corrected chi connectivity index (χ0v) is 10.1. The topological polar surface area (TPSA) is 69.1 Å². The Morgan fingerprint density at radius 3 is 2.50 bits per heavy atom. The van der Waals surface area contributed by atoms with E-state index in [9.17, 15) is 0 Å². The lowest BCUT2D eigenvalue weighted by atomic mass is 10.2. The van der Waals surface area contributed by atoms with Gasteiger partial charge in [0.25, 0.3) is 0 Å². The molecule has 2 aromatic heterocycles. The van der Waals surface area contributed by atoms with Gasteiger partial charge in [-0.15, -0.1) is 27.2 Å². The molecule has 0 saturated heterocycles. The summed E-state index contributed by atoms with van der Waals surface area (Å²) >= 11 is 5.88. The predicted molar refractivity (Wildman–Crippen MR) is 60.0 cm³/mol. The van der Waals surface area contributed by atoms with Crippen LogP contribution in [-0.2, 0) is 0 Å². The summed E-state index contributed by atoms with van der Waals surface area (Å²) in [4.78, 5) is 0. The molecule has 0 bridgehead atoms. The van der Waals surface area contributed by atoms with Gasteiger partial charge in [0.15, 0.2) is 10.8 Å². The smallest absolute Gasteiger partial charge is 0.243 e. The Morgan fingerprint density at radius 1 is 1.21 bits per heavy atom. The lowest BCUT2D eigenvalue weighted by Gasteiger charge is -2.02. The van der Waals surface area contributed by atoms with Crippen LogP contribution in [0.3, 0.4) is 0 Å². The predicted octanol–water partition coefficient (Wildman–Crippen LogP) is 1.55. The summed E-state index contributed by atoms with van der Waals surface area (Å²) in [6, 6.07) is 0. The van der Waals surface area contributed by atoms with E-state index in [-0.39, 0.29) is 22.9 Å². The van der Waals surface area contributed by atoms with Crippen LogP contribution in [0.1, 0.15) is 11.1 Å². The molecule has 0 amide bonds. The second kappa shape index (κ2) is 3.70. The van der Waals surface area contributed by atoms with Crippen LogP contribution in [0.5, 0.6) is 0 Å². The Hall–Kier alpha value is -0.880. The molecule has 0 unspecified atom stereocenters. The van der Waals surface area contributed by atoms with Crippen molar-refractivity contribution in [3.05, 3.63) is 16.3 Å². The average molecular weight is 279 g/mol. The highest BCUT2D eigenvalue weighted by atomic mass is 79.9. The molecule has 5 nitrogen and oxygen atoms in total. The zero-order valence-electron chi connectivity index (χ0n) is 7.65. The van der Waals surface area contributed by atoms with Crippen molar-refractivity contribution in [2.75, 3.05) is 5.73 Å². The van der Waals surface area contributed by atoms with Crippen LogP contribution in [0.15, 0.2) is 0 Å². The van der Waals surface area contributed by atoms with Crippen molar-refractivity contribution in [2.24, 2.45) is 0 Å². The molecule has 0 atom stereocenters. The number of aryl methyl sites for hydroxylation is 1. The molecule has 7 heteroatoms. The molecule has 0 aliphatic heterocycles. The standard InChI is InChI=1S/C7H8ClN5.BrH/c1-3-4(2)6-10-11-7(9)13(6)12-5(3)8;/h1-2H3,(H2,9,11);1H. The van der Waals surface area contributed by atoms with Gasteiger partial charge in [0, 0.05) is 5.56 Å². The summed E-state index contributed by atoms with van der Waals surface area (Å²) in [5, 5.41) is 12.0. The fourth-order valence-electron chi connectivity index (χ4n) is 1.11. The third kappa shape index (κ3) is 1.44. The van der Waals surface area contributed by atoms with Crippen LogP contribution >= 0.6 is 28.6 Å². The first-order valence-electron chi connectivity index (χ1n) is 3.75. The molecule has 2 aromatic rings. The van der Waals surface area contributed by atoms with E-state index in [0.29, 0.717) is 10.8 Å². The van der Waals surface area contributed by atoms with Gasteiger partial charge in [0.05, 0.1) is 0 Å². The van der Waals surface area contributed by atoms with Gasteiger partial charge in [-0.3, -0.25) is 0 Å². The summed E-state index contributed by atoms with van der Waals surface area (Å²) in [6.45, 7) is 3.79. The van der Waals surface area contributed by atoms with Crippen molar-refractivity contribution in [3.8, 4) is 0 Å². The summed E-state index contributed by atoms with van der Waals surface area (Å²) < 4.78 is 1.44. The van der Waals surface area contributed by atoms with Crippen molar-refractivity contribution < 1.29 is 0 Å². The van der Waals surface area contributed by atoms with E-state index in [4.69, 9.17) is 17.3 Å². The van der Waals surface area contributed by atoms with Crippen LogP contribution in [0, 0.1) is 13.8 Å². The van der Waals surface area contributed by atoms with Gasteiger partial charge in [-0.2, -0.15) is 9.61 Å². The molecule has 76 valence electrons. The van der Waals surface area contributed by atoms with Crippen LogP contribution < -0.4 is 5.73 Å². The lowest BCUT2D eigenvalue weighted by molar-refractivity contribution is 0.923. The van der Waals surface area contributed by atoms with Gasteiger partial charge in [-0.1, -0.05) is 11.6 Å². The van der Waals surface area contributed by atoms with E-state index in [1.807, 2.05) is 13.8 Å². The zero-order chi connectivity index (χ0) is 9.59. The molecule has 0 aromatic carbocycles. The first-order chi connectivity index (χ1) is 6.11. The number of nitrogens with two attached hydrogens (primary N) is 1. The molecule has 0 saturated carbocycles. The Balaban J connectivity index is 0.000000980. The normalized spacial score (nSPS) is 10.2. The second-order valence-corrected chi connectivity index (χ2v) is 3.19. The van der Waals surface area contributed by atoms with Crippen molar-refractivity contribution in [2.45, 2.75) is 13.8 Å². The number of hydrogen-bond donors (Lipinski definition) is 1. The van der Waals surface area contributed by atoms with E-state index < -0.39 is 0 Å². The van der Waals surface area contributed by atoms with Crippen LogP contribution in [-0.4, -0.2) is 19.8 Å². The third-order valence-electron chi connectivity index (χ3n) is 2.06. The second-order valence-electron chi connectivity index (χ2n) is 2.83. The molecule has 2 N–H and O–H groups in total. The summed E-state index contributed by atoms with van der Waals surface area (Å²) in [5.74, 6) is 0.250. The SMILES string of the molecule is Br.Cc1c(Cl)nn2c(N)nnc2c1C. The first kappa shape index (κ1) is 11.2. The molecular formula is C7H9BrClN5. The van der Waals surface area contributed by atoms with Crippen molar-refractivity contribution >= 4 is 40.2 Å². The number of fused-ring (bicyclic) bond motifs is 1. The molecule has 2 heterocycles. The highest BCUT2D eigenvalue weighted by Crippen LogP contribution is 2.19. The number of anilines is 1. The van der Waals surface area contributed by atoms with Gasteiger partial charge in [0.2, 0.25) is 5.95 Å².